The number of aromatic nitrogens is 1. The van der Waals surface area contributed by atoms with Gasteiger partial charge >= 0.3 is 0 Å². The number of amides is 3. The summed E-state index contributed by atoms with van der Waals surface area (Å²) < 4.78 is 0. The van der Waals surface area contributed by atoms with E-state index >= 15 is 0 Å². The lowest BCUT2D eigenvalue weighted by atomic mass is 9.95. The molecule has 3 rings (SSSR count). The van der Waals surface area contributed by atoms with E-state index in [2.05, 4.69) is 27.9 Å². The van der Waals surface area contributed by atoms with E-state index in [4.69, 9.17) is 0 Å². The Bertz CT molecular complexity index is 1080. The average molecular weight is 473 g/mol. The van der Waals surface area contributed by atoms with Crippen molar-refractivity contribution in [2.24, 2.45) is 11.0 Å². The van der Waals surface area contributed by atoms with Crippen LogP contribution in [0.2, 0.25) is 0 Å². The Balaban J connectivity index is 1.92. The Morgan fingerprint density at radius 1 is 1.30 bits per heavy atom. The number of carbonyl (C=O) groups is 3. The van der Waals surface area contributed by atoms with Gasteiger partial charge in [0.1, 0.15) is 10.6 Å². The van der Waals surface area contributed by atoms with E-state index in [-0.39, 0.29) is 16.5 Å². The second-order valence-corrected chi connectivity index (χ2v) is 8.86. The minimum Gasteiger partial charge on any atom is -0.507 e. The van der Waals surface area contributed by atoms with Gasteiger partial charge in [-0.3, -0.25) is 25.2 Å². The van der Waals surface area contributed by atoms with Crippen LogP contribution in [-0.2, 0) is 9.59 Å². The molecule has 176 valence electrons. The van der Waals surface area contributed by atoms with Gasteiger partial charge in [0.25, 0.3) is 11.8 Å². The van der Waals surface area contributed by atoms with Gasteiger partial charge < -0.3 is 10.0 Å². The Hall–Kier alpha value is -3.31. The van der Waals surface area contributed by atoms with Gasteiger partial charge in [-0.05, 0) is 39.1 Å². The summed E-state index contributed by atoms with van der Waals surface area (Å²) >= 11 is 1.02. The number of benzene rings is 1. The number of hydrazone groups is 1. The molecule has 3 amide bonds. The van der Waals surface area contributed by atoms with Crippen molar-refractivity contribution in [1.82, 2.24) is 20.3 Å². The Morgan fingerprint density at radius 2 is 2.03 bits per heavy atom. The van der Waals surface area contributed by atoms with Gasteiger partial charge in [-0.2, -0.15) is 10.1 Å². The Morgan fingerprint density at radius 3 is 2.70 bits per heavy atom. The summed E-state index contributed by atoms with van der Waals surface area (Å²) in [7, 11) is 1.92. The minimum absolute atomic E-state index is 0.00433. The van der Waals surface area contributed by atoms with Gasteiger partial charge in [-0.15, -0.1) is 0 Å². The largest absolute Gasteiger partial charge is 0.507 e. The van der Waals surface area contributed by atoms with E-state index in [1.807, 2.05) is 11.9 Å². The molecule has 0 saturated heterocycles. The maximum absolute atomic E-state index is 13.4. The van der Waals surface area contributed by atoms with Crippen LogP contribution in [-0.4, -0.2) is 63.6 Å². The molecular weight excluding hydrogens is 444 g/mol. The lowest BCUT2D eigenvalue weighted by Gasteiger charge is -2.21. The molecular formula is C22H28N6O4S. The monoisotopic (exact) mass is 472 g/mol. The highest BCUT2D eigenvalue weighted by Crippen LogP contribution is 2.30. The lowest BCUT2D eigenvalue weighted by Crippen LogP contribution is -2.38. The molecule has 0 aliphatic carbocycles. The van der Waals surface area contributed by atoms with Crippen LogP contribution in [0.25, 0.3) is 0 Å². The summed E-state index contributed by atoms with van der Waals surface area (Å²) in [5.41, 5.74) is 6.23. The van der Waals surface area contributed by atoms with Gasteiger partial charge in [0.2, 0.25) is 11.0 Å². The van der Waals surface area contributed by atoms with Crippen LogP contribution in [0.4, 0.5) is 5.13 Å². The first kappa shape index (κ1) is 24.3. The number of aromatic hydroxyl groups is 1. The first-order valence-corrected chi connectivity index (χ1v) is 11.5. The van der Waals surface area contributed by atoms with Gasteiger partial charge in [0, 0.05) is 19.0 Å². The smallest absolute Gasteiger partial charge is 0.293 e. The second-order valence-electron chi connectivity index (χ2n) is 7.87. The van der Waals surface area contributed by atoms with E-state index in [0.717, 1.165) is 35.7 Å². The van der Waals surface area contributed by atoms with Crippen LogP contribution in [0.1, 0.15) is 47.6 Å². The number of hydrogen-bond acceptors (Lipinski definition) is 9. The third-order valence-corrected chi connectivity index (χ3v) is 6.20. The zero-order chi connectivity index (χ0) is 24.1. The molecule has 1 aromatic heterocycles. The lowest BCUT2D eigenvalue weighted by molar-refractivity contribution is -0.129. The Kier molecular flexibility index (Phi) is 7.77. The number of anilines is 1. The molecule has 0 bridgehead atoms. The number of aryl methyl sites for hydroxylation is 1. The number of rotatable bonds is 9. The van der Waals surface area contributed by atoms with Crippen molar-refractivity contribution in [2.75, 3.05) is 25.6 Å². The van der Waals surface area contributed by atoms with Crippen molar-refractivity contribution in [3.63, 3.8) is 0 Å². The highest BCUT2D eigenvalue weighted by Gasteiger charge is 2.42. The fourth-order valence-corrected chi connectivity index (χ4v) is 4.30. The van der Waals surface area contributed by atoms with Crippen molar-refractivity contribution in [3.8, 4) is 5.75 Å². The molecule has 2 heterocycles. The molecule has 1 atom stereocenters. The average Bonchev–Trinajstić information content (AvgIpc) is 3.30. The number of phenolic OH excluding ortho intramolecular Hbond substituents is 1. The van der Waals surface area contributed by atoms with Crippen molar-refractivity contribution < 1.29 is 19.5 Å². The standard InChI is InChI=1S/C22H28N6O4S/c1-5-6-11-27(4)12-16-18(15-9-7-8-10-17(15)30)26-28(20(16)31)21(32)19-13(2)23-22(33-19)25-24-14(3)29/h7-10,16,30H,5-6,11-12H2,1-4H3,(H,23,25)(H,24,29)/t16-/m1/s1. The molecule has 1 aromatic carbocycles. The van der Waals surface area contributed by atoms with Crippen molar-refractivity contribution >= 4 is 39.9 Å². The summed E-state index contributed by atoms with van der Waals surface area (Å²) in [6, 6.07) is 6.64. The summed E-state index contributed by atoms with van der Waals surface area (Å²) in [5.74, 6) is -2.06. The fourth-order valence-electron chi connectivity index (χ4n) is 3.45. The van der Waals surface area contributed by atoms with Gasteiger partial charge in [-0.25, -0.2) is 4.98 Å². The topological polar surface area (TPSA) is 127 Å². The molecule has 2 aromatic rings. The van der Waals surface area contributed by atoms with Crippen LogP contribution in [0, 0.1) is 12.8 Å². The molecule has 0 unspecified atom stereocenters. The Labute approximate surface area is 196 Å². The number of imide groups is 1. The maximum atomic E-state index is 13.4. The molecule has 0 spiro atoms. The van der Waals surface area contributed by atoms with Crippen molar-refractivity contribution in [1.29, 1.82) is 0 Å². The number of thiazole rings is 1. The van der Waals surface area contributed by atoms with E-state index in [1.54, 1.807) is 25.1 Å². The molecule has 3 N–H and O–H groups in total. The molecule has 33 heavy (non-hydrogen) atoms. The number of unbranched alkanes of at least 4 members (excludes halogenated alkanes) is 1. The third-order valence-electron chi connectivity index (χ3n) is 5.14. The number of para-hydroxylation sites is 1. The number of nitrogens with zero attached hydrogens (tertiary/aromatic N) is 4. The molecule has 0 radical (unpaired) electrons. The van der Waals surface area contributed by atoms with Crippen molar-refractivity contribution in [2.45, 2.75) is 33.6 Å². The summed E-state index contributed by atoms with van der Waals surface area (Å²) in [6.07, 6.45) is 2.00. The molecule has 1 aliphatic heterocycles. The maximum Gasteiger partial charge on any atom is 0.293 e. The highest BCUT2D eigenvalue weighted by molar-refractivity contribution is 7.17. The summed E-state index contributed by atoms with van der Waals surface area (Å²) in [6.45, 7) is 6.25. The third kappa shape index (κ3) is 5.55. The number of hydrogen-bond donors (Lipinski definition) is 3. The number of carbonyl (C=O) groups excluding carboxylic acids is 3. The second kappa shape index (κ2) is 10.5. The number of phenols is 1. The molecule has 1 aliphatic rings. The predicted molar refractivity (Wildman–Crippen MR) is 126 cm³/mol. The SMILES string of the molecule is CCCCN(C)C[C@H]1C(=O)N(C(=O)c2sc(NNC(C)=O)nc2C)N=C1c1ccccc1O. The predicted octanol–water partition coefficient (Wildman–Crippen LogP) is 2.35. The molecule has 0 fully saturated rings. The van der Waals surface area contributed by atoms with Crippen LogP contribution >= 0.6 is 11.3 Å². The summed E-state index contributed by atoms with van der Waals surface area (Å²) in [4.78, 5) is 44.2. The fraction of sp³-hybridized carbons (Fsp3) is 0.409. The van der Waals surface area contributed by atoms with Crippen LogP contribution < -0.4 is 10.9 Å². The quantitative estimate of drug-likeness (QED) is 0.378. The molecule has 0 saturated carbocycles. The van der Waals surface area contributed by atoms with Gasteiger partial charge in [0.05, 0.1) is 17.3 Å². The zero-order valence-electron chi connectivity index (χ0n) is 19.1. The zero-order valence-corrected chi connectivity index (χ0v) is 19.9. The van der Waals surface area contributed by atoms with Crippen molar-refractivity contribution in [3.05, 3.63) is 40.4 Å². The first-order valence-electron chi connectivity index (χ1n) is 10.7. The summed E-state index contributed by atoms with van der Waals surface area (Å²) in [5, 5.41) is 15.9. The van der Waals surface area contributed by atoms with E-state index in [9.17, 15) is 19.5 Å². The normalized spacial score (nSPS) is 15.7. The minimum atomic E-state index is -0.700. The van der Waals surface area contributed by atoms with Crippen LogP contribution in [0.15, 0.2) is 29.4 Å². The van der Waals surface area contributed by atoms with Crippen LogP contribution in [0.3, 0.4) is 0 Å². The van der Waals surface area contributed by atoms with E-state index in [1.165, 1.54) is 13.0 Å². The van der Waals surface area contributed by atoms with E-state index < -0.39 is 17.7 Å². The van der Waals surface area contributed by atoms with E-state index in [0.29, 0.717) is 28.6 Å². The van der Waals surface area contributed by atoms with Gasteiger partial charge in [-0.1, -0.05) is 36.8 Å². The molecule has 10 nitrogen and oxygen atoms in total. The van der Waals surface area contributed by atoms with Crippen LogP contribution in [0.5, 0.6) is 5.75 Å². The number of hydrazine groups is 1. The highest BCUT2D eigenvalue weighted by atomic mass is 32.1. The number of nitrogens with one attached hydrogen (secondary N) is 2. The first-order chi connectivity index (χ1) is 15.7. The van der Waals surface area contributed by atoms with Gasteiger partial charge in [0.15, 0.2) is 0 Å². The molecule has 11 heteroatoms.